The molecular weight excluding hydrogens is 134 g/mol. The first-order valence-corrected chi connectivity index (χ1v) is 2.31. The molecule has 1 aromatic rings. The Morgan fingerprint density at radius 1 is 1.60 bits per heavy atom. The van der Waals surface area contributed by atoms with Crippen LogP contribution in [-0.2, 0) is 0 Å². The van der Waals surface area contributed by atoms with Gasteiger partial charge in [-0.2, -0.15) is 0 Å². The highest BCUT2D eigenvalue weighted by Crippen LogP contribution is 2.23. The predicted molar refractivity (Wildman–Crippen MR) is 34.8 cm³/mol. The summed E-state index contributed by atoms with van der Waals surface area (Å²) in [7, 11) is 0. The first kappa shape index (κ1) is 3.01. The number of benzene rings is 1. The second-order valence-corrected chi connectivity index (χ2v) is 1.45. The van der Waals surface area contributed by atoms with Gasteiger partial charge < -0.3 is 5.11 Å². The van der Waals surface area contributed by atoms with Crippen molar-refractivity contribution in [3.63, 3.8) is 0 Å². The standard InChI is InChI=1S/C6H5NO3/c8-6-4-2-1-3-5(6)7(9)10/h1-4,8H/i1D,2D,3D,4D. The first-order chi connectivity index (χ1) is 6.37. The maximum atomic E-state index is 10.4. The largest absolute Gasteiger partial charge is 0.502 e. The number of rotatable bonds is 1. The van der Waals surface area contributed by atoms with Gasteiger partial charge >= 0.3 is 5.69 Å². The zero-order valence-corrected chi connectivity index (χ0v) is 4.71. The number of phenols is 1. The molecule has 1 aromatic carbocycles. The van der Waals surface area contributed by atoms with E-state index in [-0.39, 0.29) is 0 Å². The number of nitrogens with zero attached hydrogens (tertiary/aromatic N) is 1. The van der Waals surface area contributed by atoms with Gasteiger partial charge in [-0.05, 0) is 6.04 Å². The Bertz CT molecular complexity index is 391. The molecule has 0 aliphatic heterocycles. The normalized spacial score (nSPS) is 14.8. The molecule has 0 fully saturated rings. The lowest BCUT2D eigenvalue weighted by molar-refractivity contribution is -0.385. The van der Waals surface area contributed by atoms with Crippen molar-refractivity contribution in [2.45, 2.75) is 0 Å². The molecule has 0 aliphatic rings. The fraction of sp³-hybridized carbons (Fsp3) is 0. The third-order valence-electron chi connectivity index (χ3n) is 0.831. The fourth-order valence-corrected chi connectivity index (χ4v) is 0.431. The fourth-order valence-electron chi connectivity index (χ4n) is 0.431. The molecule has 0 saturated heterocycles. The Morgan fingerprint density at radius 3 is 2.80 bits per heavy atom. The maximum absolute atomic E-state index is 10.4. The van der Waals surface area contributed by atoms with Crippen LogP contribution in [0.25, 0.3) is 0 Å². The van der Waals surface area contributed by atoms with E-state index in [1.54, 1.807) is 0 Å². The summed E-state index contributed by atoms with van der Waals surface area (Å²) in [6, 6.07) is -3.09. The van der Waals surface area contributed by atoms with Crippen molar-refractivity contribution >= 4 is 5.69 Å². The van der Waals surface area contributed by atoms with Crippen LogP contribution in [0.2, 0.25) is 0 Å². The molecule has 1 N–H and O–H groups in total. The van der Waals surface area contributed by atoms with E-state index in [0.717, 1.165) is 0 Å². The van der Waals surface area contributed by atoms with Crippen molar-refractivity contribution < 1.29 is 15.5 Å². The summed E-state index contributed by atoms with van der Waals surface area (Å²) in [5.74, 6) is -1.04. The van der Waals surface area contributed by atoms with Crippen molar-refractivity contribution in [1.29, 1.82) is 0 Å². The lowest BCUT2D eigenvalue weighted by Crippen LogP contribution is -1.86. The molecule has 0 amide bonds. The molecule has 0 saturated carbocycles. The van der Waals surface area contributed by atoms with Crippen molar-refractivity contribution in [2.24, 2.45) is 0 Å². The average Bonchev–Trinajstić information content (AvgIpc) is 2.11. The summed E-state index contributed by atoms with van der Waals surface area (Å²) in [4.78, 5) is 9.31. The molecule has 0 heterocycles. The van der Waals surface area contributed by atoms with Gasteiger partial charge in [-0.3, -0.25) is 10.1 Å². The van der Waals surface area contributed by atoms with Gasteiger partial charge in [-0.1, -0.05) is 12.1 Å². The zero-order chi connectivity index (χ0) is 11.0. The lowest BCUT2D eigenvalue weighted by Gasteiger charge is -1.91. The third kappa shape index (κ3) is 1.05. The molecule has 0 spiro atoms. The molecule has 0 atom stereocenters. The summed E-state index contributed by atoms with van der Waals surface area (Å²) in [5.41, 5.74) is -1.00. The highest BCUT2D eigenvalue weighted by Gasteiger charge is 2.09. The minimum absolute atomic E-state index is 0.696. The number of nitro benzene ring substituents is 1. The first-order valence-electron chi connectivity index (χ1n) is 4.31. The Balaban J connectivity index is 3.68. The molecule has 52 valence electrons. The van der Waals surface area contributed by atoms with Gasteiger partial charge in [0.25, 0.3) is 0 Å². The van der Waals surface area contributed by atoms with Crippen LogP contribution in [0.3, 0.4) is 0 Å². The SMILES string of the molecule is [2H]c1c([2H])c([2H])c([N+](=O)[O-])c(O)c1[2H]. The second kappa shape index (κ2) is 2.34. The van der Waals surface area contributed by atoms with E-state index >= 15 is 0 Å². The minimum Gasteiger partial charge on any atom is -0.502 e. The van der Waals surface area contributed by atoms with Crippen LogP contribution in [0.4, 0.5) is 5.69 Å². The van der Waals surface area contributed by atoms with Crippen LogP contribution in [0, 0.1) is 10.1 Å². The van der Waals surface area contributed by atoms with Crippen LogP contribution in [0.1, 0.15) is 5.48 Å². The van der Waals surface area contributed by atoms with Gasteiger partial charge in [0, 0.05) is 6.04 Å². The maximum Gasteiger partial charge on any atom is 0.310 e. The molecule has 1 rings (SSSR count). The number of aromatic hydroxyl groups is 1. The molecule has 4 heteroatoms. The Labute approximate surface area is 62.5 Å². The van der Waals surface area contributed by atoms with Crippen molar-refractivity contribution in [3.8, 4) is 5.75 Å². The van der Waals surface area contributed by atoms with Crippen LogP contribution in [-0.4, -0.2) is 10.0 Å². The van der Waals surface area contributed by atoms with Crippen LogP contribution in [0.5, 0.6) is 5.75 Å². The Hall–Kier alpha value is -1.58. The summed E-state index contributed by atoms with van der Waals surface area (Å²) < 4.78 is 28.4. The van der Waals surface area contributed by atoms with E-state index in [2.05, 4.69) is 0 Å². The minimum atomic E-state index is -1.05. The molecule has 0 bridgehead atoms. The highest BCUT2D eigenvalue weighted by atomic mass is 16.6. The van der Waals surface area contributed by atoms with E-state index < -0.39 is 40.5 Å². The summed E-state index contributed by atoms with van der Waals surface area (Å²) in [6.45, 7) is 0. The molecule has 0 radical (unpaired) electrons. The summed E-state index contributed by atoms with van der Waals surface area (Å²) in [6.07, 6.45) is 0. The lowest BCUT2D eigenvalue weighted by atomic mass is 10.3. The van der Waals surface area contributed by atoms with Crippen molar-refractivity contribution in [1.82, 2.24) is 0 Å². The molecular formula is C6H5NO3. The van der Waals surface area contributed by atoms with Gasteiger partial charge in [0.1, 0.15) is 0 Å². The highest BCUT2D eigenvalue weighted by molar-refractivity contribution is 5.44. The smallest absolute Gasteiger partial charge is 0.310 e. The van der Waals surface area contributed by atoms with Crippen LogP contribution < -0.4 is 0 Å². The summed E-state index contributed by atoms with van der Waals surface area (Å²) >= 11 is 0. The van der Waals surface area contributed by atoms with Gasteiger partial charge in [0.05, 0.1) is 10.4 Å². The van der Waals surface area contributed by atoms with E-state index in [4.69, 9.17) is 10.6 Å². The molecule has 0 unspecified atom stereocenters. The van der Waals surface area contributed by atoms with Gasteiger partial charge in [0.2, 0.25) is 0 Å². The van der Waals surface area contributed by atoms with E-state index in [1.165, 1.54) is 0 Å². The Kier molecular flexibility index (Phi) is 0.705. The molecule has 0 aliphatic carbocycles. The van der Waals surface area contributed by atoms with Crippen molar-refractivity contribution in [2.75, 3.05) is 0 Å². The summed E-state index contributed by atoms with van der Waals surface area (Å²) in [5, 5.41) is 19.5. The van der Waals surface area contributed by atoms with Gasteiger partial charge in [-0.25, -0.2) is 0 Å². The van der Waals surface area contributed by atoms with Gasteiger partial charge in [-0.15, -0.1) is 0 Å². The number of hydrogen-bond acceptors (Lipinski definition) is 3. The van der Waals surface area contributed by atoms with Crippen LogP contribution >= 0.6 is 0 Å². The monoisotopic (exact) mass is 143 g/mol. The predicted octanol–water partition coefficient (Wildman–Crippen LogP) is 1.30. The third-order valence-corrected chi connectivity index (χ3v) is 0.831. The van der Waals surface area contributed by atoms with E-state index in [0.29, 0.717) is 0 Å². The number of phenolic OH excluding ortho intramolecular Hbond substituents is 1. The quantitative estimate of drug-likeness (QED) is 0.476. The molecule has 10 heavy (non-hydrogen) atoms. The zero-order valence-electron chi connectivity index (χ0n) is 8.71. The van der Waals surface area contributed by atoms with E-state index in [9.17, 15) is 10.1 Å². The Morgan fingerprint density at radius 2 is 2.20 bits per heavy atom. The van der Waals surface area contributed by atoms with Crippen LogP contribution in [0.15, 0.2) is 24.2 Å². The topological polar surface area (TPSA) is 63.4 Å². The van der Waals surface area contributed by atoms with Gasteiger partial charge in [0.15, 0.2) is 5.75 Å². The molecule has 4 nitrogen and oxygen atoms in total. The second-order valence-electron chi connectivity index (χ2n) is 1.45. The molecule has 0 aromatic heterocycles. The average molecular weight is 143 g/mol. The number of hydrogen-bond donors (Lipinski definition) is 1. The number of para-hydroxylation sites is 2. The number of nitro groups is 1. The van der Waals surface area contributed by atoms with E-state index in [1.807, 2.05) is 0 Å². The van der Waals surface area contributed by atoms with Crippen molar-refractivity contribution in [3.05, 3.63) is 34.3 Å².